The van der Waals surface area contributed by atoms with E-state index in [9.17, 15) is 19.5 Å². The van der Waals surface area contributed by atoms with Crippen molar-refractivity contribution >= 4 is 24.1 Å². The van der Waals surface area contributed by atoms with Gasteiger partial charge in [0, 0.05) is 12.0 Å². The second-order valence-corrected chi connectivity index (χ2v) is 4.87. The number of aromatic hydroxyl groups is 1. The van der Waals surface area contributed by atoms with E-state index in [1.165, 1.54) is 13.3 Å². The highest BCUT2D eigenvalue weighted by molar-refractivity contribution is 5.99. The minimum atomic E-state index is -0.695. The lowest BCUT2D eigenvalue weighted by molar-refractivity contribution is -0.124. The number of rotatable bonds is 6. The number of para-hydroxylation sites is 1. The highest BCUT2D eigenvalue weighted by atomic mass is 16.5. The summed E-state index contributed by atoms with van der Waals surface area (Å²) in [5.41, 5.74) is 7.42. The number of amides is 4. The van der Waals surface area contributed by atoms with Crippen molar-refractivity contribution in [1.29, 1.82) is 0 Å². The summed E-state index contributed by atoms with van der Waals surface area (Å²) in [6.07, 6.45) is 1.47. The van der Waals surface area contributed by atoms with Crippen molar-refractivity contribution in [3.05, 3.63) is 23.8 Å². The fourth-order valence-electron chi connectivity index (χ4n) is 1.97. The summed E-state index contributed by atoms with van der Waals surface area (Å²) < 4.78 is 4.96. The van der Waals surface area contributed by atoms with E-state index in [0.29, 0.717) is 11.3 Å². The van der Waals surface area contributed by atoms with Crippen molar-refractivity contribution in [2.75, 3.05) is 7.11 Å². The first kappa shape index (κ1) is 17.2. The van der Waals surface area contributed by atoms with E-state index in [1.807, 2.05) is 0 Å². The van der Waals surface area contributed by atoms with E-state index < -0.39 is 23.9 Å². The lowest BCUT2D eigenvalue weighted by atomic mass is 10.1. The molecule has 1 atom stereocenters. The van der Waals surface area contributed by atoms with Crippen LogP contribution in [0.15, 0.2) is 23.3 Å². The molecule has 4 amide bonds. The molecule has 1 saturated heterocycles. The minimum absolute atomic E-state index is 0.0163. The molecule has 1 unspecified atom stereocenters. The third kappa shape index (κ3) is 4.43. The van der Waals surface area contributed by atoms with Gasteiger partial charge in [0.1, 0.15) is 6.04 Å². The van der Waals surface area contributed by atoms with Crippen molar-refractivity contribution in [2.24, 2.45) is 5.10 Å². The van der Waals surface area contributed by atoms with E-state index in [1.54, 1.807) is 18.2 Å². The predicted octanol–water partition coefficient (Wildman–Crippen LogP) is -0.656. The van der Waals surface area contributed by atoms with E-state index >= 15 is 0 Å². The first-order valence-electron chi connectivity index (χ1n) is 7.05. The molecule has 0 radical (unpaired) electrons. The predicted molar refractivity (Wildman–Crippen MR) is 83.2 cm³/mol. The number of benzene rings is 1. The molecular weight excluding hydrogens is 318 g/mol. The summed E-state index contributed by atoms with van der Waals surface area (Å²) >= 11 is 0. The van der Waals surface area contributed by atoms with Crippen LogP contribution in [-0.2, 0) is 9.59 Å². The number of hydrogen-bond acceptors (Lipinski definition) is 7. The zero-order valence-corrected chi connectivity index (χ0v) is 12.8. The number of imide groups is 1. The number of carbonyl (C=O) groups excluding carboxylic acids is 3. The number of hydrogen-bond donors (Lipinski definition) is 5. The zero-order chi connectivity index (χ0) is 17.5. The van der Waals surface area contributed by atoms with Crippen LogP contribution in [0, 0.1) is 0 Å². The normalized spacial score (nSPS) is 17.3. The Morgan fingerprint density at radius 1 is 1.46 bits per heavy atom. The molecule has 10 nitrogen and oxygen atoms in total. The van der Waals surface area contributed by atoms with Crippen LogP contribution in [0.25, 0.3) is 0 Å². The number of phenols is 1. The first-order chi connectivity index (χ1) is 11.5. The third-order valence-electron chi connectivity index (χ3n) is 3.22. The van der Waals surface area contributed by atoms with Crippen molar-refractivity contribution in [2.45, 2.75) is 18.9 Å². The van der Waals surface area contributed by atoms with Gasteiger partial charge in [-0.2, -0.15) is 5.10 Å². The average Bonchev–Trinajstić information content (AvgIpc) is 2.55. The van der Waals surface area contributed by atoms with Crippen LogP contribution < -0.4 is 26.3 Å². The van der Waals surface area contributed by atoms with Crippen LogP contribution in [-0.4, -0.2) is 42.3 Å². The summed E-state index contributed by atoms with van der Waals surface area (Å²) in [6.45, 7) is 0. The van der Waals surface area contributed by atoms with Gasteiger partial charge in [-0.05, 0) is 18.6 Å². The highest BCUT2D eigenvalue weighted by Gasteiger charge is 2.25. The Morgan fingerprint density at radius 2 is 2.25 bits per heavy atom. The van der Waals surface area contributed by atoms with Gasteiger partial charge in [0.05, 0.1) is 13.3 Å². The first-order valence-corrected chi connectivity index (χ1v) is 7.05. The molecule has 1 fully saturated rings. The van der Waals surface area contributed by atoms with Gasteiger partial charge in [-0.3, -0.25) is 20.3 Å². The smallest absolute Gasteiger partial charge is 0.335 e. The Kier molecular flexibility index (Phi) is 5.68. The molecular formula is C14H17N5O5. The van der Waals surface area contributed by atoms with Gasteiger partial charge in [0.25, 0.3) is 0 Å². The number of ether oxygens (including phenoxy) is 1. The lowest BCUT2D eigenvalue weighted by Gasteiger charge is -2.22. The van der Waals surface area contributed by atoms with Gasteiger partial charge in [0.2, 0.25) is 11.8 Å². The molecule has 5 N–H and O–H groups in total. The number of hydrazine groups is 1. The zero-order valence-electron chi connectivity index (χ0n) is 12.8. The van der Waals surface area contributed by atoms with Crippen LogP contribution in [0.1, 0.15) is 18.4 Å². The molecule has 0 bridgehead atoms. The fraction of sp³-hybridized carbons (Fsp3) is 0.286. The largest absolute Gasteiger partial charge is 0.504 e. The summed E-state index contributed by atoms with van der Waals surface area (Å²) in [4.78, 5) is 34.0. The van der Waals surface area contributed by atoms with Crippen molar-refractivity contribution in [3.63, 3.8) is 0 Å². The molecule has 0 aromatic heterocycles. The van der Waals surface area contributed by atoms with Crippen LogP contribution >= 0.6 is 0 Å². The fourth-order valence-corrected chi connectivity index (χ4v) is 1.97. The van der Waals surface area contributed by atoms with E-state index in [4.69, 9.17) is 4.74 Å². The number of hydrazone groups is 1. The Morgan fingerprint density at radius 3 is 2.96 bits per heavy atom. The Bertz CT molecular complexity index is 676. The van der Waals surface area contributed by atoms with E-state index in [-0.39, 0.29) is 18.6 Å². The number of methoxy groups -OCH3 is 1. The summed E-state index contributed by atoms with van der Waals surface area (Å²) in [6, 6.07) is 3.53. The molecule has 2 rings (SSSR count). The maximum Gasteiger partial charge on any atom is 0.335 e. The van der Waals surface area contributed by atoms with Crippen LogP contribution in [0.2, 0.25) is 0 Å². The monoisotopic (exact) mass is 335 g/mol. The summed E-state index contributed by atoms with van der Waals surface area (Å²) in [7, 11) is 1.43. The quantitative estimate of drug-likeness (QED) is 0.345. The average molecular weight is 335 g/mol. The maximum absolute atomic E-state index is 11.7. The molecule has 1 aliphatic heterocycles. The van der Waals surface area contributed by atoms with E-state index in [2.05, 4.69) is 26.7 Å². The molecule has 1 aliphatic rings. The number of phenolic OH excluding ortho intramolecular Hbond substituents is 1. The van der Waals surface area contributed by atoms with Crippen molar-refractivity contribution in [1.82, 2.24) is 21.6 Å². The molecule has 128 valence electrons. The van der Waals surface area contributed by atoms with Crippen LogP contribution in [0.5, 0.6) is 11.5 Å². The molecule has 1 aromatic rings. The Labute approximate surface area is 137 Å². The van der Waals surface area contributed by atoms with Gasteiger partial charge in [-0.15, -0.1) is 0 Å². The summed E-state index contributed by atoms with van der Waals surface area (Å²) in [5.74, 6) is -0.713. The Balaban J connectivity index is 1.81. The molecule has 24 heavy (non-hydrogen) atoms. The van der Waals surface area contributed by atoms with Gasteiger partial charge >= 0.3 is 6.03 Å². The maximum atomic E-state index is 11.7. The third-order valence-corrected chi connectivity index (χ3v) is 3.22. The van der Waals surface area contributed by atoms with Gasteiger partial charge in [0.15, 0.2) is 11.5 Å². The number of urea groups is 1. The highest BCUT2D eigenvalue weighted by Crippen LogP contribution is 2.27. The molecule has 0 saturated carbocycles. The topological polar surface area (TPSA) is 141 Å². The molecule has 10 heteroatoms. The second-order valence-electron chi connectivity index (χ2n) is 4.87. The lowest BCUT2D eigenvalue weighted by Crippen LogP contribution is -2.62. The SMILES string of the molecule is COc1cccc(/C=N/NC(=O)CCC2NNC(=O)NC2=O)c1O. The van der Waals surface area contributed by atoms with Crippen molar-refractivity contribution in [3.8, 4) is 11.5 Å². The Hall–Kier alpha value is -3.14. The minimum Gasteiger partial charge on any atom is -0.504 e. The van der Waals surface area contributed by atoms with Crippen LogP contribution in [0.3, 0.4) is 0 Å². The number of carbonyl (C=O) groups is 3. The van der Waals surface area contributed by atoms with Crippen molar-refractivity contribution < 1.29 is 24.2 Å². The number of nitrogens with zero attached hydrogens (tertiary/aromatic N) is 1. The van der Waals surface area contributed by atoms with Gasteiger partial charge in [-0.1, -0.05) is 6.07 Å². The number of nitrogens with one attached hydrogen (secondary N) is 4. The summed E-state index contributed by atoms with van der Waals surface area (Å²) in [5, 5.41) is 15.7. The van der Waals surface area contributed by atoms with Crippen LogP contribution in [0.4, 0.5) is 4.79 Å². The van der Waals surface area contributed by atoms with E-state index in [0.717, 1.165) is 0 Å². The molecule has 0 aliphatic carbocycles. The molecule has 0 spiro atoms. The molecule has 1 heterocycles. The molecule has 1 aromatic carbocycles. The van der Waals surface area contributed by atoms with Gasteiger partial charge in [-0.25, -0.2) is 15.6 Å². The second kappa shape index (κ2) is 7.92. The standard InChI is InChI=1S/C14H17N5O5/c1-24-10-4-2-3-8(12(10)21)7-15-18-11(20)6-5-9-13(22)16-14(23)19-17-9/h2-4,7,9,17,21H,5-6H2,1H3,(H,18,20)(H2,16,19,22,23)/b15-7+. The van der Waals surface area contributed by atoms with Gasteiger partial charge < -0.3 is 9.84 Å².